The van der Waals surface area contributed by atoms with Crippen LogP contribution in [0.4, 0.5) is 0 Å². The van der Waals surface area contributed by atoms with Crippen LogP contribution in [-0.4, -0.2) is 53.1 Å². The Hall–Kier alpha value is -0.670. The van der Waals surface area contributed by atoms with Crippen LogP contribution in [0, 0.1) is 5.92 Å². The highest BCUT2D eigenvalue weighted by molar-refractivity contribution is 7.90. The lowest BCUT2D eigenvalue weighted by atomic mass is 9.89. The number of sulfone groups is 1. The molecule has 0 radical (unpaired) electrons. The topological polar surface area (TPSA) is 83.5 Å². The van der Waals surface area contributed by atoms with Crippen molar-refractivity contribution in [3.63, 3.8) is 0 Å². The third-order valence-electron chi connectivity index (χ3n) is 5.06. The summed E-state index contributed by atoms with van der Waals surface area (Å²) in [5.41, 5.74) is 0. The molecule has 2 aliphatic rings. The maximum atomic E-state index is 12.7. The zero-order valence-electron chi connectivity index (χ0n) is 14.2. The minimum Gasteiger partial charge on any atom is -0.314 e. The molecule has 0 spiro atoms. The van der Waals surface area contributed by atoms with Crippen molar-refractivity contribution < 1.29 is 16.8 Å². The van der Waals surface area contributed by atoms with Crippen LogP contribution in [0.15, 0.2) is 34.1 Å². The number of benzene rings is 1. The van der Waals surface area contributed by atoms with Crippen LogP contribution in [-0.2, 0) is 19.9 Å². The summed E-state index contributed by atoms with van der Waals surface area (Å²) in [5, 5.41) is 3.51. The highest BCUT2D eigenvalue weighted by Crippen LogP contribution is 2.29. The van der Waals surface area contributed by atoms with Crippen molar-refractivity contribution in [3.05, 3.63) is 24.3 Å². The van der Waals surface area contributed by atoms with Crippen molar-refractivity contribution in [1.29, 1.82) is 0 Å². The second-order valence-electron chi connectivity index (χ2n) is 6.69. The van der Waals surface area contributed by atoms with Gasteiger partial charge in [-0.2, -0.15) is 4.31 Å². The minimum absolute atomic E-state index is 0. The van der Waals surface area contributed by atoms with Gasteiger partial charge in [0.05, 0.1) is 9.79 Å². The van der Waals surface area contributed by atoms with Gasteiger partial charge >= 0.3 is 0 Å². The predicted molar refractivity (Wildman–Crippen MR) is 99.3 cm³/mol. The fourth-order valence-electron chi connectivity index (χ4n) is 3.64. The summed E-state index contributed by atoms with van der Waals surface area (Å²) < 4.78 is 50.0. The van der Waals surface area contributed by atoms with Gasteiger partial charge in [0.2, 0.25) is 10.0 Å². The molecule has 3 rings (SSSR count). The van der Waals surface area contributed by atoms with Crippen molar-refractivity contribution in [1.82, 2.24) is 9.62 Å². The second-order valence-corrected chi connectivity index (χ2v) is 10.6. The first kappa shape index (κ1) is 20.6. The van der Waals surface area contributed by atoms with Crippen LogP contribution in [0.1, 0.15) is 25.7 Å². The van der Waals surface area contributed by atoms with Gasteiger partial charge in [0.1, 0.15) is 0 Å². The third kappa shape index (κ3) is 4.54. The third-order valence-corrected chi connectivity index (χ3v) is 8.10. The molecule has 1 aromatic carbocycles. The van der Waals surface area contributed by atoms with Gasteiger partial charge in [0, 0.05) is 25.4 Å². The monoisotopic (exact) mass is 408 g/mol. The molecule has 0 bridgehead atoms. The minimum atomic E-state index is -3.55. The molecule has 0 saturated carbocycles. The zero-order chi connectivity index (χ0) is 17.4. The molecule has 6 nitrogen and oxygen atoms in total. The Bertz CT molecular complexity index is 780. The van der Waals surface area contributed by atoms with Gasteiger partial charge in [-0.15, -0.1) is 12.4 Å². The SMILES string of the molecule is CS(=O)(=O)c1ccc(S(=O)(=O)N2CCC(C3CCCN3)CC2)cc1.Cl. The summed E-state index contributed by atoms with van der Waals surface area (Å²) in [4.78, 5) is 0.291. The smallest absolute Gasteiger partial charge is 0.243 e. The molecule has 2 fully saturated rings. The lowest BCUT2D eigenvalue weighted by Crippen LogP contribution is -2.43. The molecule has 2 heterocycles. The second kappa shape index (κ2) is 7.92. The number of hydrogen-bond acceptors (Lipinski definition) is 5. The van der Waals surface area contributed by atoms with Gasteiger partial charge in [-0.05, 0) is 62.4 Å². The molecule has 0 aliphatic carbocycles. The van der Waals surface area contributed by atoms with E-state index in [1.165, 1.54) is 41.4 Å². The largest absolute Gasteiger partial charge is 0.314 e. The molecule has 0 aromatic heterocycles. The van der Waals surface area contributed by atoms with Gasteiger partial charge in [0.25, 0.3) is 0 Å². The van der Waals surface area contributed by atoms with Crippen LogP contribution in [0.3, 0.4) is 0 Å². The number of hydrogen-bond donors (Lipinski definition) is 1. The van der Waals surface area contributed by atoms with E-state index in [9.17, 15) is 16.8 Å². The summed E-state index contributed by atoms with van der Waals surface area (Å²) >= 11 is 0. The quantitative estimate of drug-likeness (QED) is 0.819. The van der Waals surface area contributed by atoms with E-state index in [1.807, 2.05) is 0 Å². The number of nitrogens with one attached hydrogen (secondary N) is 1. The van der Waals surface area contributed by atoms with E-state index in [-0.39, 0.29) is 22.2 Å². The summed E-state index contributed by atoms with van der Waals surface area (Å²) in [7, 11) is -6.88. The normalized spacial score (nSPS) is 23.3. The summed E-state index contributed by atoms with van der Waals surface area (Å²) in [6.07, 6.45) is 5.25. The average molecular weight is 409 g/mol. The average Bonchev–Trinajstić information content (AvgIpc) is 3.09. The van der Waals surface area contributed by atoms with E-state index in [2.05, 4.69) is 5.32 Å². The Labute approximate surface area is 156 Å². The molecule has 2 saturated heterocycles. The molecule has 25 heavy (non-hydrogen) atoms. The summed E-state index contributed by atoms with van der Waals surface area (Å²) in [5.74, 6) is 0.548. The van der Waals surface area contributed by atoms with Crippen LogP contribution in [0.25, 0.3) is 0 Å². The van der Waals surface area contributed by atoms with Gasteiger partial charge < -0.3 is 5.32 Å². The molecule has 2 aliphatic heterocycles. The molecule has 1 N–H and O–H groups in total. The maximum Gasteiger partial charge on any atom is 0.243 e. The van der Waals surface area contributed by atoms with Crippen molar-refractivity contribution in [2.45, 2.75) is 41.5 Å². The Morgan fingerprint density at radius 3 is 2.00 bits per heavy atom. The Balaban J connectivity index is 0.00000225. The maximum absolute atomic E-state index is 12.7. The fraction of sp³-hybridized carbons (Fsp3) is 0.625. The first-order chi connectivity index (χ1) is 11.3. The summed E-state index contributed by atoms with van der Waals surface area (Å²) in [6, 6.07) is 6.02. The van der Waals surface area contributed by atoms with Gasteiger partial charge in [-0.1, -0.05) is 0 Å². The highest BCUT2D eigenvalue weighted by atomic mass is 35.5. The van der Waals surface area contributed by atoms with E-state index < -0.39 is 19.9 Å². The van der Waals surface area contributed by atoms with Crippen LogP contribution in [0.2, 0.25) is 0 Å². The fourth-order valence-corrected chi connectivity index (χ4v) is 5.74. The van der Waals surface area contributed by atoms with Crippen molar-refractivity contribution >= 4 is 32.3 Å². The molecule has 142 valence electrons. The van der Waals surface area contributed by atoms with Crippen molar-refractivity contribution in [3.8, 4) is 0 Å². The standard InChI is InChI=1S/C16H24N2O4S2.ClH/c1-23(19,20)14-4-6-15(7-5-14)24(21,22)18-11-8-13(9-12-18)16-3-2-10-17-16;/h4-7,13,16-17H,2-3,8-12H2,1H3;1H. The number of piperidine rings is 1. The van der Waals surface area contributed by atoms with Crippen LogP contribution < -0.4 is 5.32 Å². The lowest BCUT2D eigenvalue weighted by Gasteiger charge is -2.34. The molecule has 0 amide bonds. The van der Waals surface area contributed by atoms with E-state index in [0.29, 0.717) is 25.0 Å². The zero-order valence-corrected chi connectivity index (χ0v) is 16.7. The van der Waals surface area contributed by atoms with Gasteiger partial charge in [0.15, 0.2) is 9.84 Å². The highest BCUT2D eigenvalue weighted by Gasteiger charge is 2.33. The molecular formula is C16H25ClN2O4S2. The first-order valence-electron chi connectivity index (χ1n) is 8.32. The molecular weight excluding hydrogens is 384 g/mol. The van der Waals surface area contributed by atoms with Crippen LogP contribution >= 0.6 is 12.4 Å². The van der Waals surface area contributed by atoms with Crippen molar-refractivity contribution in [2.75, 3.05) is 25.9 Å². The van der Waals surface area contributed by atoms with Crippen molar-refractivity contribution in [2.24, 2.45) is 5.92 Å². The number of halogens is 1. The van der Waals surface area contributed by atoms with Crippen LogP contribution in [0.5, 0.6) is 0 Å². The lowest BCUT2D eigenvalue weighted by molar-refractivity contribution is 0.234. The van der Waals surface area contributed by atoms with Gasteiger partial charge in [-0.3, -0.25) is 0 Å². The molecule has 1 unspecified atom stereocenters. The number of nitrogens with zero attached hydrogens (tertiary/aromatic N) is 1. The first-order valence-corrected chi connectivity index (χ1v) is 11.7. The molecule has 1 atom stereocenters. The molecule has 9 heteroatoms. The predicted octanol–water partition coefficient (Wildman–Crippen LogP) is 1.66. The van der Waals surface area contributed by atoms with E-state index in [1.54, 1.807) is 0 Å². The van der Waals surface area contributed by atoms with E-state index in [0.717, 1.165) is 25.6 Å². The Morgan fingerprint density at radius 1 is 0.960 bits per heavy atom. The number of sulfonamides is 1. The van der Waals surface area contributed by atoms with Gasteiger partial charge in [-0.25, -0.2) is 16.8 Å². The van der Waals surface area contributed by atoms with E-state index in [4.69, 9.17) is 0 Å². The van der Waals surface area contributed by atoms with E-state index >= 15 is 0 Å². The Morgan fingerprint density at radius 2 is 1.52 bits per heavy atom. The summed E-state index contributed by atoms with van der Waals surface area (Å²) in [6.45, 7) is 2.12. The molecule has 1 aromatic rings. The number of rotatable bonds is 4. The Kier molecular flexibility index (Phi) is 6.54.